The van der Waals surface area contributed by atoms with Crippen LogP contribution in [-0.2, 0) is 4.79 Å². The summed E-state index contributed by atoms with van der Waals surface area (Å²) < 4.78 is 0. The molecule has 0 bridgehead atoms. The lowest BCUT2D eigenvalue weighted by atomic mass is 10.0. The van der Waals surface area contributed by atoms with Crippen molar-refractivity contribution < 1.29 is 4.79 Å². The zero-order chi connectivity index (χ0) is 16.0. The summed E-state index contributed by atoms with van der Waals surface area (Å²) in [5, 5.41) is 12.6. The van der Waals surface area contributed by atoms with Crippen LogP contribution in [0.2, 0.25) is 0 Å². The van der Waals surface area contributed by atoms with E-state index in [1.54, 1.807) is 11.8 Å². The second-order valence-electron chi connectivity index (χ2n) is 5.87. The molecule has 0 fully saturated rings. The molecular weight excluding hydrogens is 306 g/mol. The van der Waals surface area contributed by atoms with Crippen molar-refractivity contribution in [1.29, 1.82) is 0 Å². The zero-order valence-electron chi connectivity index (χ0n) is 13.0. The Morgan fingerprint density at radius 3 is 2.74 bits per heavy atom. The Balaban J connectivity index is 1.87. The van der Waals surface area contributed by atoms with E-state index >= 15 is 0 Å². The third-order valence-electron chi connectivity index (χ3n) is 4.28. The number of aryl methyl sites for hydroxylation is 1. The molecule has 1 aliphatic heterocycles. The molecule has 2 atom stereocenters. The van der Waals surface area contributed by atoms with Gasteiger partial charge in [-0.2, -0.15) is 5.10 Å². The van der Waals surface area contributed by atoms with Gasteiger partial charge in [-0.15, -0.1) is 11.8 Å². The fourth-order valence-electron chi connectivity index (χ4n) is 3.02. The van der Waals surface area contributed by atoms with Crippen LogP contribution in [0.4, 0.5) is 5.82 Å². The van der Waals surface area contributed by atoms with Crippen molar-refractivity contribution in [2.24, 2.45) is 0 Å². The predicted molar refractivity (Wildman–Crippen MR) is 94.8 cm³/mol. The van der Waals surface area contributed by atoms with Gasteiger partial charge in [0.15, 0.2) is 5.82 Å². The molecule has 4 rings (SSSR count). The molecule has 1 amide bonds. The van der Waals surface area contributed by atoms with Gasteiger partial charge in [0.25, 0.3) is 0 Å². The number of hydrogen-bond donors (Lipinski definition) is 2. The van der Waals surface area contributed by atoms with Crippen LogP contribution in [0.15, 0.2) is 42.5 Å². The summed E-state index contributed by atoms with van der Waals surface area (Å²) in [5.74, 6) is 0.661. The van der Waals surface area contributed by atoms with Crippen molar-refractivity contribution in [3.8, 4) is 0 Å². The number of nitrogens with one attached hydrogen (secondary N) is 2. The van der Waals surface area contributed by atoms with Crippen molar-refractivity contribution in [2.75, 3.05) is 5.32 Å². The van der Waals surface area contributed by atoms with Crippen molar-refractivity contribution in [3.63, 3.8) is 0 Å². The first-order chi connectivity index (χ1) is 11.1. The Labute approximate surface area is 138 Å². The van der Waals surface area contributed by atoms with Gasteiger partial charge in [-0.3, -0.25) is 9.89 Å². The Bertz CT molecular complexity index is 902. The minimum absolute atomic E-state index is 0.00559. The first kappa shape index (κ1) is 14.3. The first-order valence-corrected chi connectivity index (χ1v) is 8.57. The Kier molecular flexibility index (Phi) is 3.38. The summed E-state index contributed by atoms with van der Waals surface area (Å²) in [4.78, 5) is 12.2. The van der Waals surface area contributed by atoms with Crippen molar-refractivity contribution in [1.82, 2.24) is 10.2 Å². The SMILES string of the molecule is Cc1[nH]nc2c1[C@H](c1ccc3ccccc3c1)S[C@H](C)C(=O)N2. The second kappa shape index (κ2) is 5.42. The molecule has 1 aliphatic rings. The van der Waals surface area contributed by atoms with Gasteiger partial charge in [0.2, 0.25) is 5.91 Å². The minimum atomic E-state index is -0.125. The van der Waals surface area contributed by atoms with E-state index in [2.05, 4.69) is 51.9 Å². The maximum absolute atomic E-state index is 12.2. The Hall–Kier alpha value is -2.27. The van der Waals surface area contributed by atoms with E-state index in [1.165, 1.54) is 16.3 Å². The molecule has 0 radical (unpaired) electrons. The molecule has 0 unspecified atom stereocenters. The van der Waals surface area contributed by atoms with Crippen LogP contribution in [0, 0.1) is 6.92 Å². The summed E-state index contributed by atoms with van der Waals surface area (Å²) in [6.45, 7) is 3.95. The summed E-state index contributed by atoms with van der Waals surface area (Å²) in [7, 11) is 0. The van der Waals surface area contributed by atoms with E-state index in [4.69, 9.17) is 0 Å². The summed E-state index contributed by atoms with van der Waals surface area (Å²) in [6.07, 6.45) is 0. The summed E-state index contributed by atoms with van der Waals surface area (Å²) in [6, 6.07) is 14.8. The van der Waals surface area contributed by atoms with Crippen LogP contribution >= 0.6 is 11.8 Å². The van der Waals surface area contributed by atoms with Crippen LogP contribution in [0.5, 0.6) is 0 Å². The number of H-pyrrole nitrogens is 1. The van der Waals surface area contributed by atoms with Gasteiger partial charge in [0, 0.05) is 11.3 Å². The molecule has 4 nitrogen and oxygen atoms in total. The predicted octanol–water partition coefficient (Wildman–Crippen LogP) is 4.03. The van der Waals surface area contributed by atoms with E-state index in [1.807, 2.05) is 19.9 Å². The lowest BCUT2D eigenvalue weighted by molar-refractivity contribution is -0.115. The number of thioether (sulfide) groups is 1. The van der Waals surface area contributed by atoms with Crippen molar-refractivity contribution >= 4 is 34.3 Å². The van der Waals surface area contributed by atoms with Gasteiger partial charge in [-0.05, 0) is 36.2 Å². The number of aromatic nitrogens is 2. The average molecular weight is 323 g/mol. The van der Waals surface area contributed by atoms with Crippen molar-refractivity contribution in [3.05, 3.63) is 59.3 Å². The molecule has 0 spiro atoms. The van der Waals surface area contributed by atoms with Gasteiger partial charge < -0.3 is 5.32 Å². The van der Waals surface area contributed by atoms with Crippen molar-refractivity contribution in [2.45, 2.75) is 24.3 Å². The van der Waals surface area contributed by atoms with Gasteiger partial charge in [-0.1, -0.05) is 36.4 Å². The number of rotatable bonds is 1. The number of fused-ring (bicyclic) bond motifs is 2. The number of benzene rings is 2. The number of amides is 1. The van der Waals surface area contributed by atoms with Gasteiger partial charge in [0.05, 0.1) is 10.5 Å². The lowest BCUT2D eigenvalue weighted by Gasteiger charge is -2.18. The molecule has 5 heteroatoms. The molecule has 1 aromatic heterocycles. The fourth-order valence-corrected chi connectivity index (χ4v) is 4.34. The van der Waals surface area contributed by atoms with Crippen LogP contribution in [0.1, 0.15) is 29.0 Å². The largest absolute Gasteiger partial charge is 0.308 e. The van der Waals surface area contributed by atoms with E-state index in [0.717, 1.165) is 11.3 Å². The molecule has 2 aromatic carbocycles. The fraction of sp³-hybridized carbons (Fsp3) is 0.222. The molecule has 0 saturated carbocycles. The summed E-state index contributed by atoms with van der Waals surface area (Å²) in [5.41, 5.74) is 3.27. The number of carbonyl (C=O) groups is 1. The topological polar surface area (TPSA) is 57.8 Å². The highest BCUT2D eigenvalue weighted by Gasteiger charge is 2.32. The van der Waals surface area contributed by atoms with Gasteiger partial charge >= 0.3 is 0 Å². The number of nitrogens with zero attached hydrogens (tertiary/aromatic N) is 1. The minimum Gasteiger partial charge on any atom is -0.308 e. The Morgan fingerprint density at radius 1 is 1.13 bits per heavy atom. The molecule has 116 valence electrons. The third kappa shape index (κ3) is 2.41. The average Bonchev–Trinajstić information content (AvgIpc) is 2.86. The zero-order valence-corrected chi connectivity index (χ0v) is 13.8. The number of anilines is 1. The summed E-state index contributed by atoms with van der Waals surface area (Å²) >= 11 is 1.67. The smallest absolute Gasteiger partial charge is 0.238 e. The highest BCUT2D eigenvalue weighted by molar-refractivity contribution is 8.01. The molecule has 23 heavy (non-hydrogen) atoms. The maximum Gasteiger partial charge on any atom is 0.238 e. The standard InChI is InChI=1S/C18H17N3OS/c1-10-15-16(23-11(2)18(22)19-17(15)21-20-10)14-8-7-12-5-3-4-6-13(12)9-14/h3-9,11,16H,1-2H3,(H2,19,20,21,22)/t11-,16+/m1/s1. The monoisotopic (exact) mass is 323 g/mol. The van der Waals surface area contributed by atoms with E-state index in [-0.39, 0.29) is 16.4 Å². The van der Waals surface area contributed by atoms with Crippen LogP contribution in [0.25, 0.3) is 10.8 Å². The highest BCUT2D eigenvalue weighted by atomic mass is 32.2. The quantitative estimate of drug-likeness (QED) is 0.711. The molecule has 2 heterocycles. The van der Waals surface area contributed by atoms with E-state index in [0.29, 0.717) is 5.82 Å². The molecule has 0 aliphatic carbocycles. The third-order valence-corrected chi connectivity index (χ3v) is 5.69. The normalized spacial score (nSPS) is 20.9. The first-order valence-electron chi connectivity index (χ1n) is 7.63. The number of hydrogen-bond acceptors (Lipinski definition) is 3. The lowest BCUT2D eigenvalue weighted by Crippen LogP contribution is -2.21. The van der Waals surface area contributed by atoms with Gasteiger partial charge in [0.1, 0.15) is 0 Å². The molecule has 0 saturated heterocycles. The second-order valence-corrected chi connectivity index (χ2v) is 7.32. The number of carbonyl (C=O) groups excluding carboxylic acids is 1. The molecule has 2 N–H and O–H groups in total. The highest BCUT2D eigenvalue weighted by Crippen LogP contribution is 2.45. The van der Waals surface area contributed by atoms with E-state index < -0.39 is 0 Å². The van der Waals surface area contributed by atoms with E-state index in [9.17, 15) is 4.79 Å². The van der Waals surface area contributed by atoms with Gasteiger partial charge in [-0.25, -0.2) is 0 Å². The maximum atomic E-state index is 12.2. The molecular formula is C18H17N3OS. The van der Waals surface area contributed by atoms with Crippen LogP contribution in [0.3, 0.4) is 0 Å². The molecule has 3 aromatic rings. The van der Waals surface area contributed by atoms with Crippen LogP contribution < -0.4 is 5.32 Å². The Morgan fingerprint density at radius 2 is 1.91 bits per heavy atom. The van der Waals surface area contributed by atoms with Crippen LogP contribution in [-0.4, -0.2) is 21.4 Å². The number of aromatic amines is 1.